The number of nitrogen functional groups attached to an aromatic ring is 1. The molecule has 1 aliphatic rings. The smallest absolute Gasteiger partial charge is 0.127 e. The Kier molecular flexibility index (Phi) is 3.31. The molecule has 4 heteroatoms. The minimum absolute atomic E-state index is 0.389. The molecule has 4 nitrogen and oxygen atoms in total. The van der Waals surface area contributed by atoms with Gasteiger partial charge in [0.1, 0.15) is 17.9 Å². The standard InChI is InChI=1S/C15H17N3O/c16-15-9-14(17-10-18-15)11-5-7-13(8-6-11)19-12-3-1-2-4-12/h5-10,12H,1-4H2,(H2,16,17,18). The summed E-state index contributed by atoms with van der Waals surface area (Å²) in [5, 5.41) is 0. The minimum atomic E-state index is 0.389. The van der Waals surface area contributed by atoms with Crippen LogP contribution in [-0.2, 0) is 0 Å². The number of benzene rings is 1. The summed E-state index contributed by atoms with van der Waals surface area (Å²) in [5.41, 5.74) is 7.51. The Bertz CT molecular complexity index is 548. The number of aromatic nitrogens is 2. The molecule has 2 N–H and O–H groups in total. The predicted octanol–water partition coefficient (Wildman–Crippen LogP) is 3.05. The van der Waals surface area contributed by atoms with Crippen molar-refractivity contribution in [2.24, 2.45) is 0 Å². The van der Waals surface area contributed by atoms with Crippen molar-refractivity contribution in [3.8, 4) is 17.0 Å². The number of hydrogen-bond acceptors (Lipinski definition) is 4. The normalized spacial score (nSPS) is 15.6. The summed E-state index contributed by atoms with van der Waals surface area (Å²) in [6.07, 6.45) is 6.77. The number of anilines is 1. The van der Waals surface area contributed by atoms with E-state index in [1.807, 2.05) is 24.3 Å². The molecule has 0 saturated heterocycles. The van der Waals surface area contributed by atoms with Crippen LogP contribution in [0.15, 0.2) is 36.7 Å². The van der Waals surface area contributed by atoms with E-state index in [9.17, 15) is 0 Å². The van der Waals surface area contributed by atoms with Crippen molar-refractivity contribution < 1.29 is 4.74 Å². The quantitative estimate of drug-likeness (QED) is 0.915. The van der Waals surface area contributed by atoms with Gasteiger partial charge in [-0.05, 0) is 49.9 Å². The van der Waals surface area contributed by atoms with E-state index in [4.69, 9.17) is 10.5 Å². The van der Waals surface area contributed by atoms with Gasteiger partial charge in [0.25, 0.3) is 0 Å². The molecular weight excluding hydrogens is 238 g/mol. The lowest BCUT2D eigenvalue weighted by Crippen LogP contribution is -2.10. The molecule has 2 aromatic rings. The molecular formula is C15H17N3O. The van der Waals surface area contributed by atoms with Crippen LogP contribution in [0, 0.1) is 0 Å². The molecule has 3 rings (SSSR count). The average Bonchev–Trinajstić information content (AvgIpc) is 2.92. The van der Waals surface area contributed by atoms with E-state index >= 15 is 0 Å². The molecule has 1 heterocycles. The molecule has 19 heavy (non-hydrogen) atoms. The Morgan fingerprint density at radius 1 is 1.05 bits per heavy atom. The molecule has 1 fully saturated rings. The molecule has 0 amide bonds. The number of nitrogens with zero attached hydrogens (tertiary/aromatic N) is 2. The summed E-state index contributed by atoms with van der Waals surface area (Å²) in [7, 11) is 0. The zero-order valence-electron chi connectivity index (χ0n) is 10.7. The van der Waals surface area contributed by atoms with Crippen molar-refractivity contribution >= 4 is 5.82 Å². The molecule has 1 aromatic carbocycles. The van der Waals surface area contributed by atoms with E-state index in [2.05, 4.69) is 9.97 Å². The highest BCUT2D eigenvalue weighted by atomic mass is 16.5. The highest BCUT2D eigenvalue weighted by molar-refractivity contribution is 5.62. The van der Waals surface area contributed by atoms with Crippen molar-refractivity contribution in [1.29, 1.82) is 0 Å². The molecule has 98 valence electrons. The summed E-state index contributed by atoms with van der Waals surface area (Å²) < 4.78 is 5.93. The zero-order chi connectivity index (χ0) is 13.1. The first-order valence-corrected chi connectivity index (χ1v) is 6.66. The number of hydrogen-bond donors (Lipinski definition) is 1. The van der Waals surface area contributed by atoms with Crippen LogP contribution in [0.25, 0.3) is 11.3 Å². The fourth-order valence-electron chi connectivity index (χ4n) is 2.43. The maximum Gasteiger partial charge on any atom is 0.127 e. The van der Waals surface area contributed by atoms with Crippen molar-refractivity contribution in [1.82, 2.24) is 9.97 Å². The fourth-order valence-corrected chi connectivity index (χ4v) is 2.43. The SMILES string of the molecule is Nc1cc(-c2ccc(OC3CCCC3)cc2)ncn1. The average molecular weight is 255 g/mol. The van der Waals surface area contributed by atoms with Gasteiger partial charge in [-0.2, -0.15) is 0 Å². The largest absolute Gasteiger partial charge is 0.490 e. The number of rotatable bonds is 3. The van der Waals surface area contributed by atoms with Crippen LogP contribution in [0.3, 0.4) is 0 Å². The Labute approximate surface area is 112 Å². The number of nitrogens with two attached hydrogens (primary N) is 1. The van der Waals surface area contributed by atoms with Gasteiger partial charge in [-0.1, -0.05) is 0 Å². The third-order valence-corrected chi connectivity index (χ3v) is 3.44. The monoisotopic (exact) mass is 255 g/mol. The molecule has 1 saturated carbocycles. The zero-order valence-corrected chi connectivity index (χ0v) is 10.7. The van der Waals surface area contributed by atoms with E-state index in [1.54, 1.807) is 6.07 Å². The molecule has 0 radical (unpaired) electrons. The Balaban J connectivity index is 1.74. The van der Waals surface area contributed by atoms with Gasteiger partial charge in [-0.3, -0.25) is 0 Å². The summed E-state index contributed by atoms with van der Waals surface area (Å²) in [6, 6.07) is 9.77. The van der Waals surface area contributed by atoms with Gasteiger partial charge in [0.2, 0.25) is 0 Å². The van der Waals surface area contributed by atoms with Crippen LogP contribution in [-0.4, -0.2) is 16.1 Å². The second-order valence-corrected chi connectivity index (χ2v) is 4.88. The summed E-state index contributed by atoms with van der Waals surface area (Å²) in [6.45, 7) is 0. The van der Waals surface area contributed by atoms with Gasteiger partial charge < -0.3 is 10.5 Å². The highest BCUT2D eigenvalue weighted by Gasteiger charge is 2.16. The predicted molar refractivity (Wildman–Crippen MR) is 74.8 cm³/mol. The summed E-state index contributed by atoms with van der Waals surface area (Å²) in [4.78, 5) is 8.10. The molecule has 0 unspecified atom stereocenters. The first-order valence-electron chi connectivity index (χ1n) is 6.66. The van der Waals surface area contributed by atoms with Crippen molar-refractivity contribution in [3.63, 3.8) is 0 Å². The number of ether oxygens (including phenoxy) is 1. The van der Waals surface area contributed by atoms with Crippen LogP contribution in [0.2, 0.25) is 0 Å². The Morgan fingerprint density at radius 2 is 1.79 bits per heavy atom. The lowest BCUT2D eigenvalue weighted by atomic mass is 10.1. The van der Waals surface area contributed by atoms with Gasteiger partial charge in [0.15, 0.2) is 0 Å². The fraction of sp³-hybridized carbons (Fsp3) is 0.333. The van der Waals surface area contributed by atoms with E-state index in [0.717, 1.165) is 17.0 Å². The molecule has 1 aromatic heterocycles. The molecule has 1 aliphatic carbocycles. The maximum atomic E-state index is 5.93. The molecule has 0 aliphatic heterocycles. The van der Waals surface area contributed by atoms with Gasteiger partial charge in [-0.25, -0.2) is 9.97 Å². The van der Waals surface area contributed by atoms with Crippen molar-refractivity contribution in [3.05, 3.63) is 36.7 Å². The van der Waals surface area contributed by atoms with Crippen LogP contribution in [0.5, 0.6) is 5.75 Å². The van der Waals surface area contributed by atoms with Crippen LogP contribution < -0.4 is 10.5 Å². The molecule has 0 atom stereocenters. The van der Waals surface area contributed by atoms with Crippen LogP contribution in [0.4, 0.5) is 5.82 Å². The van der Waals surface area contributed by atoms with E-state index in [1.165, 1.54) is 32.0 Å². The highest BCUT2D eigenvalue weighted by Crippen LogP contribution is 2.26. The van der Waals surface area contributed by atoms with E-state index in [0.29, 0.717) is 11.9 Å². The third kappa shape index (κ3) is 2.84. The topological polar surface area (TPSA) is 61.0 Å². The van der Waals surface area contributed by atoms with Crippen LogP contribution >= 0.6 is 0 Å². The summed E-state index contributed by atoms with van der Waals surface area (Å²) in [5.74, 6) is 1.41. The first-order chi connectivity index (χ1) is 9.31. The van der Waals surface area contributed by atoms with Gasteiger partial charge >= 0.3 is 0 Å². The minimum Gasteiger partial charge on any atom is -0.490 e. The first kappa shape index (κ1) is 12.0. The lowest BCUT2D eigenvalue weighted by molar-refractivity contribution is 0.210. The van der Waals surface area contributed by atoms with Gasteiger partial charge in [0, 0.05) is 11.6 Å². The second kappa shape index (κ2) is 5.26. The van der Waals surface area contributed by atoms with Gasteiger partial charge in [0.05, 0.1) is 11.8 Å². The lowest BCUT2D eigenvalue weighted by Gasteiger charge is -2.13. The maximum absolute atomic E-state index is 5.93. The Hall–Kier alpha value is -2.10. The van der Waals surface area contributed by atoms with Crippen molar-refractivity contribution in [2.75, 3.05) is 5.73 Å². The molecule has 0 spiro atoms. The third-order valence-electron chi connectivity index (χ3n) is 3.44. The van der Waals surface area contributed by atoms with Crippen LogP contribution in [0.1, 0.15) is 25.7 Å². The van der Waals surface area contributed by atoms with Gasteiger partial charge in [-0.15, -0.1) is 0 Å². The van der Waals surface area contributed by atoms with Crippen molar-refractivity contribution in [2.45, 2.75) is 31.8 Å². The Morgan fingerprint density at radius 3 is 2.47 bits per heavy atom. The molecule has 0 bridgehead atoms. The summed E-state index contributed by atoms with van der Waals surface area (Å²) >= 11 is 0. The van der Waals surface area contributed by atoms with E-state index in [-0.39, 0.29) is 0 Å². The van der Waals surface area contributed by atoms with E-state index < -0.39 is 0 Å². The second-order valence-electron chi connectivity index (χ2n) is 4.88.